The number of nitrogens with two attached hydrogens (primary N) is 2. The van der Waals surface area contributed by atoms with Gasteiger partial charge in [-0.25, -0.2) is 14.2 Å². The molecule has 0 aliphatic carbocycles. The van der Waals surface area contributed by atoms with Crippen LogP contribution in [-0.4, -0.2) is 47.3 Å². The number of nitrogens with zero attached hydrogens (tertiary/aromatic N) is 6. The largest absolute Gasteiger partial charge is 0.381 e. The lowest BCUT2D eigenvalue weighted by molar-refractivity contribution is 0.0906. The Kier molecular flexibility index (Phi) is 6.99. The van der Waals surface area contributed by atoms with Gasteiger partial charge >= 0.3 is 0 Å². The first kappa shape index (κ1) is 27.1. The fourth-order valence-electron chi connectivity index (χ4n) is 4.87. The number of benzene rings is 2. The van der Waals surface area contributed by atoms with E-state index >= 15 is 0 Å². The van der Waals surface area contributed by atoms with Crippen LogP contribution in [0.1, 0.15) is 44.9 Å². The second-order valence-electron chi connectivity index (χ2n) is 9.68. The summed E-state index contributed by atoms with van der Waals surface area (Å²) in [5, 5.41) is 12.2. The zero-order valence-corrected chi connectivity index (χ0v) is 22.9. The van der Waals surface area contributed by atoms with E-state index in [1.54, 1.807) is 42.1 Å². The van der Waals surface area contributed by atoms with Crippen molar-refractivity contribution < 1.29 is 9.59 Å². The molecule has 0 fully saturated rings. The van der Waals surface area contributed by atoms with E-state index < -0.39 is 11.9 Å². The average Bonchev–Trinajstić information content (AvgIpc) is 3.63. The summed E-state index contributed by atoms with van der Waals surface area (Å²) in [5.41, 5.74) is 13.8. The van der Waals surface area contributed by atoms with E-state index in [9.17, 15) is 14.4 Å². The van der Waals surface area contributed by atoms with Gasteiger partial charge in [0.1, 0.15) is 5.56 Å². The fourth-order valence-corrected chi connectivity index (χ4v) is 4.87. The van der Waals surface area contributed by atoms with Gasteiger partial charge in [0.25, 0.3) is 17.4 Å². The third-order valence-electron chi connectivity index (χ3n) is 6.88. The zero-order chi connectivity index (χ0) is 30.1. The molecule has 1 unspecified atom stereocenters. The van der Waals surface area contributed by atoms with Crippen LogP contribution >= 0.6 is 0 Å². The molecule has 43 heavy (non-hydrogen) atoms. The van der Waals surface area contributed by atoms with Crippen LogP contribution in [0, 0.1) is 11.8 Å². The highest BCUT2D eigenvalue weighted by atomic mass is 16.2. The third kappa shape index (κ3) is 5.01. The van der Waals surface area contributed by atoms with Gasteiger partial charge in [0.15, 0.2) is 11.5 Å². The lowest BCUT2D eigenvalue weighted by Crippen LogP contribution is -2.32. The van der Waals surface area contributed by atoms with E-state index in [0.717, 1.165) is 4.68 Å². The summed E-state index contributed by atoms with van der Waals surface area (Å²) in [6.45, 7) is 1.61. The van der Waals surface area contributed by atoms with Gasteiger partial charge in [-0.15, -0.1) is 5.10 Å². The van der Waals surface area contributed by atoms with Gasteiger partial charge in [-0.1, -0.05) is 42.2 Å². The van der Waals surface area contributed by atoms with E-state index in [1.807, 2.05) is 42.5 Å². The highest BCUT2D eigenvalue weighted by Gasteiger charge is 2.24. The van der Waals surface area contributed by atoms with Crippen LogP contribution in [0.2, 0.25) is 0 Å². The van der Waals surface area contributed by atoms with Crippen LogP contribution in [0.15, 0.2) is 90.2 Å². The van der Waals surface area contributed by atoms with Gasteiger partial charge in [-0.05, 0) is 42.6 Å². The van der Waals surface area contributed by atoms with Gasteiger partial charge in [0.2, 0.25) is 0 Å². The Balaban J connectivity index is 1.45. The molecule has 2 aromatic carbocycles. The Hall–Kier alpha value is -6.06. The first-order valence-corrected chi connectivity index (χ1v) is 13.3. The lowest BCUT2D eigenvalue weighted by Gasteiger charge is -2.21. The number of hydrogen-bond donors (Lipinski definition) is 3. The molecule has 4 aromatic heterocycles. The molecular formula is C31H25N9O3. The summed E-state index contributed by atoms with van der Waals surface area (Å²) >= 11 is 0. The summed E-state index contributed by atoms with van der Waals surface area (Å²) in [6.07, 6.45) is 6.16. The highest BCUT2D eigenvalue weighted by molar-refractivity contribution is 6.04. The molecule has 0 spiro atoms. The minimum Gasteiger partial charge on any atom is -0.381 e. The van der Waals surface area contributed by atoms with E-state index in [-0.39, 0.29) is 29.4 Å². The Bertz CT molecular complexity index is 2150. The number of rotatable bonds is 5. The van der Waals surface area contributed by atoms with Crippen LogP contribution in [0.25, 0.3) is 22.1 Å². The van der Waals surface area contributed by atoms with Crippen molar-refractivity contribution in [1.82, 2.24) is 34.3 Å². The SMILES string of the molecule is CC(NC(=O)c1c(N)nn2cccnc12)c1cc2cccc(C#Cc3cnn(C(=O)CN)c3)c2c(=O)n1-c1ccccc1. The second-order valence-corrected chi connectivity index (χ2v) is 9.68. The van der Waals surface area contributed by atoms with Crippen molar-refractivity contribution >= 4 is 34.1 Å². The molecule has 0 aliphatic rings. The van der Waals surface area contributed by atoms with Crippen molar-refractivity contribution in [2.45, 2.75) is 13.0 Å². The molecule has 5 N–H and O–H groups in total. The number of aromatic nitrogens is 6. The molecule has 0 radical (unpaired) electrons. The number of para-hydroxylation sites is 1. The van der Waals surface area contributed by atoms with E-state index in [0.29, 0.717) is 38.9 Å². The Morgan fingerprint density at radius 1 is 1.07 bits per heavy atom. The summed E-state index contributed by atoms with van der Waals surface area (Å²) < 4.78 is 4.14. The topological polar surface area (TPSA) is 168 Å². The molecule has 12 nitrogen and oxygen atoms in total. The Morgan fingerprint density at radius 3 is 2.67 bits per heavy atom. The van der Waals surface area contributed by atoms with Crippen molar-refractivity contribution in [3.05, 3.63) is 118 Å². The molecule has 0 saturated carbocycles. The second kappa shape index (κ2) is 11.1. The molecular weight excluding hydrogens is 546 g/mol. The van der Waals surface area contributed by atoms with Crippen molar-refractivity contribution in [3.63, 3.8) is 0 Å². The minimum absolute atomic E-state index is 0.0449. The van der Waals surface area contributed by atoms with Crippen molar-refractivity contribution in [1.29, 1.82) is 0 Å². The smallest absolute Gasteiger partial charge is 0.264 e. The molecule has 1 atom stereocenters. The van der Waals surface area contributed by atoms with Gasteiger partial charge in [-0.3, -0.25) is 19.0 Å². The van der Waals surface area contributed by atoms with E-state index in [2.05, 4.69) is 32.3 Å². The Morgan fingerprint density at radius 2 is 1.88 bits per heavy atom. The molecule has 6 aromatic rings. The number of fused-ring (bicyclic) bond motifs is 2. The van der Waals surface area contributed by atoms with Gasteiger partial charge < -0.3 is 16.8 Å². The molecule has 12 heteroatoms. The molecule has 212 valence electrons. The average molecular weight is 572 g/mol. The third-order valence-corrected chi connectivity index (χ3v) is 6.88. The fraction of sp³-hybridized carbons (Fsp3) is 0.0968. The summed E-state index contributed by atoms with van der Waals surface area (Å²) in [5.74, 6) is 5.25. The van der Waals surface area contributed by atoms with Crippen LogP contribution in [0.5, 0.6) is 0 Å². The number of anilines is 1. The van der Waals surface area contributed by atoms with E-state index in [1.165, 1.54) is 16.9 Å². The molecule has 6 rings (SSSR count). The predicted octanol–water partition coefficient (Wildman–Crippen LogP) is 2.30. The maximum absolute atomic E-state index is 14.2. The number of nitrogen functional groups attached to an aromatic ring is 1. The normalized spacial score (nSPS) is 11.7. The molecule has 4 heterocycles. The summed E-state index contributed by atoms with van der Waals surface area (Å²) in [6, 6.07) is 17.4. The van der Waals surface area contributed by atoms with E-state index in [4.69, 9.17) is 11.5 Å². The molecule has 0 aliphatic heterocycles. The number of amides is 1. The summed E-state index contributed by atoms with van der Waals surface area (Å²) in [4.78, 5) is 43.7. The van der Waals surface area contributed by atoms with Crippen LogP contribution in [0.4, 0.5) is 5.82 Å². The van der Waals surface area contributed by atoms with Gasteiger partial charge in [0, 0.05) is 35.5 Å². The minimum atomic E-state index is -0.622. The quantitative estimate of drug-likeness (QED) is 0.265. The van der Waals surface area contributed by atoms with Crippen LogP contribution in [-0.2, 0) is 0 Å². The number of nitrogens with one attached hydrogen (secondary N) is 1. The highest BCUT2D eigenvalue weighted by Crippen LogP contribution is 2.24. The standard InChI is InChI=1S/C31H25N9O3/c1-19(36-30(42)27-28(33)37-38-14-6-13-34-29(27)38)24-15-22-8-5-7-21(12-11-20-17-35-39(18-20)25(41)16-32)26(22)31(43)40(24)23-9-3-2-4-10-23/h2-10,13-15,17-19H,16,32H2,1H3,(H2,33,37)(H,36,42). The number of pyridine rings is 1. The van der Waals surface area contributed by atoms with Crippen molar-refractivity contribution in [3.8, 4) is 17.5 Å². The van der Waals surface area contributed by atoms with Crippen molar-refractivity contribution in [2.24, 2.45) is 5.73 Å². The number of carbonyl (C=O) groups excluding carboxylic acids is 2. The molecule has 0 bridgehead atoms. The maximum atomic E-state index is 14.2. The maximum Gasteiger partial charge on any atom is 0.264 e. The van der Waals surface area contributed by atoms with Gasteiger partial charge in [-0.2, -0.15) is 5.10 Å². The van der Waals surface area contributed by atoms with Crippen LogP contribution < -0.4 is 22.3 Å². The lowest BCUT2D eigenvalue weighted by atomic mass is 10.0. The van der Waals surface area contributed by atoms with Gasteiger partial charge in [0.05, 0.1) is 29.7 Å². The predicted molar refractivity (Wildman–Crippen MR) is 161 cm³/mol. The first-order valence-electron chi connectivity index (χ1n) is 13.3. The monoisotopic (exact) mass is 571 g/mol. The van der Waals surface area contributed by atoms with Crippen molar-refractivity contribution in [2.75, 3.05) is 12.3 Å². The number of carbonyl (C=O) groups is 2. The first-order chi connectivity index (χ1) is 20.9. The zero-order valence-electron chi connectivity index (χ0n) is 22.9. The van der Waals surface area contributed by atoms with Crippen LogP contribution in [0.3, 0.4) is 0 Å². The molecule has 1 amide bonds. The number of hydrogen-bond acceptors (Lipinski definition) is 8. The Labute approximate surface area is 244 Å². The molecule has 0 saturated heterocycles. The summed E-state index contributed by atoms with van der Waals surface area (Å²) in [7, 11) is 0.